The van der Waals surface area contributed by atoms with Crippen molar-refractivity contribution in [2.45, 2.75) is 20.0 Å². The molecule has 0 saturated carbocycles. The lowest BCUT2D eigenvalue weighted by atomic mass is 10.2. The second-order valence-corrected chi connectivity index (χ2v) is 4.29. The number of hydrogen-bond donors (Lipinski definition) is 1. The van der Waals surface area contributed by atoms with E-state index in [2.05, 4.69) is 4.98 Å². The first-order valence-corrected chi connectivity index (χ1v) is 6.39. The van der Waals surface area contributed by atoms with Crippen molar-refractivity contribution in [3.8, 4) is 0 Å². The van der Waals surface area contributed by atoms with Gasteiger partial charge in [0.25, 0.3) is 0 Å². The summed E-state index contributed by atoms with van der Waals surface area (Å²) in [6.45, 7) is 3.71. The van der Waals surface area contributed by atoms with Crippen LogP contribution >= 0.6 is 0 Å². The lowest BCUT2D eigenvalue weighted by Crippen LogP contribution is -2.23. The average molecular weight is 259 g/mol. The Morgan fingerprint density at radius 2 is 1.84 bits per heavy atom. The van der Waals surface area contributed by atoms with Crippen LogP contribution in [0.15, 0.2) is 42.5 Å². The van der Waals surface area contributed by atoms with Crippen molar-refractivity contribution in [3.05, 3.63) is 59.7 Å². The second kappa shape index (κ2) is 6.29. The van der Waals surface area contributed by atoms with Gasteiger partial charge in [-0.15, -0.1) is 0 Å². The molecule has 0 saturated heterocycles. The Bertz CT molecular complexity index is 542. The van der Waals surface area contributed by atoms with Crippen molar-refractivity contribution >= 4 is 5.69 Å². The first-order chi connectivity index (χ1) is 9.24. The third-order valence-corrected chi connectivity index (χ3v) is 3.00. The van der Waals surface area contributed by atoms with Crippen LogP contribution < -0.4 is 10.6 Å². The van der Waals surface area contributed by atoms with Crippen LogP contribution in [0.2, 0.25) is 0 Å². The number of para-hydroxylation sites is 1. The maximum Gasteiger partial charge on any atom is 0.146 e. The summed E-state index contributed by atoms with van der Waals surface area (Å²) < 4.78 is 13.8. The number of halogens is 1. The van der Waals surface area contributed by atoms with Crippen molar-refractivity contribution < 1.29 is 4.39 Å². The van der Waals surface area contributed by atoms with Crippen LogP contribution in [0, 0.1) is 5.82 Å². The van der Waals surface area contributed by atoms with Crippen molar-refractivity contribution in [1.82, 2.24) is 4.98 Å². The number of nitrogens with zero attached hydrogens (tertiary/aromatic N) is 2. The first kappa shape index (κ1) is 13.5. The molecule has 0 radical (unpaired) electrons. The normalized spacial score (nSPS) is 10.5. The predicted molar refractivity (Wildman–Crippen MR) is 75.3 cm³/mol. The van der Waals surface area contributed by atoms with Crippen LogP contribution in [-0.4, -0.2) is 11.5 Å². The maximum atomic E-state index is 13.8. The van der Waals surface area contributed by atoms with E-state index in [1.165, 1.54) is 6.07 Å². The Kier molecular flexibility index (Phi) is 4.47. The summed E-state index contributed by atoms with van der Waals surface area (Å²) in [4.78, 5) is 6.40. The van der Waals surface area contributed by atoms with Crippen LogP contribution in [0.25, 0.3) is 0 Å². The van der Waals surface area contributed by atoms with Crippen LogP contribution in [0.4, 0.5) is 10.1 Å². The number of pyridine rings is 1. The van der Waals surface area contributed by atoms with E-state index in [9.17, 15) is 4.39 Å². The highest BCUT2D eigenvalue weighted by atomic mass is 19.1. The van der Waals surface area contributed by atoms with Gasteiger partial charge in [0.15, 0.2) is 0 Å². The zero-order chi connectivity index (χ0) is 13.7. The molecule has 0 spiro atoms. The van der Waals surface area contributed by atoms with E-state index < -0.39 is 0 Å². The second-order valence-electron chi connectivity index (χ2n) is 4.29. The van der Waals surface area contributed by atoms with Gasteiger partial charge in [-0.2, -0.15) is 0 Å². The molecule has 0 aliphatic rings. The number of aromatic nitrogens is 1. The molecule has 0 bridgehead atoms. The highest BCUT2D eigenvalue weighted by Crippen LogP contribution is 2.20. The molecule has 2 aromatic rings. The summed E-state index contributed by atoms with van der Waals surface area (Å²) in [5.74, 6) is -0.209. The van der Waals surface area contributed by atoms with Gasteiger partial charge in [-0.25, -0.2) is 4.39 Å². The van der Waals surface area contributed by atoms with Gasteiger partial charge in [0.05, 0.1) is 23.6 Å². The summed E-state index contributed by atoms with van der Waals surface area (Å²) in [7, 11) is 0. The van der Waals surface area contributed by atoms with E-state index in [0.29, 0.717) is 18.8 Å². The first-order valence-electron chi connectivity index (χ1n) is 6.39. The van der Waals surface area contributed by atoms with E-state index in [1.807, 2.05) is 36.1 Å². The lowest BCUT2D eigenvalue weighted by Gasteiger charge is -2.23. The van der Waals surface area contributed by atoms with Gasteiger partial charge < -0.3 is 10.6 Å². The summed E-state index contributed by atoms with van der Waals surface area (Å²) in [6.07, 6.45) is 0. The minimum absolute atomic E-state index is 0.209. The molecule has 0 amide bonds. The fourth-order valence-corrected chi connectivity index (χ4v) is 2.00. The highest BCUT2D eigenvalue weighted by molar-refractivity contribution is 5.47. The van der Waals surface area contributed by atoms with Crippen LogP contribution in [0.5, 0.6) is 0 Å². The van der Waals surface area contributed by atoms with Crippen LogP contribution in [0.1, 0.15) is 18.3 Å². The molecule has 2 N–H and O–H groups in total. The van der Waals surface area contributed by atoms with Gasteiger partial charge in [-0.1, -0.05) is 18.2 Å². The largest absolute Gasteiger partial charge is 0.364 e. The predicted octanol–water partition coefficient (Wildman–Crippen LogP) is 2.71. The quantitative estimate of drug-likeness (QED) is 0.897. The Balaban J connectivity index is 2.21. The van der Waals surface area contributed by atoms with Crippen molar-refractivity contribution in [2.75, 3.05) is 11.4 Å². The van der Waals surface area contributed by atoms with Crippen molar-refractivity contribution in [2.24, 2.45) is 5.73 Å². The molecule has 1 aromatic heterocycles. The topological polar surface area (TPSA) is 42.1 Å². The average Bonchev–Trinajstić information content (AvgIpc) is 2.46. The molecule has 19 heavy (non-hydrogen) atoms. The smallest absolute Gasteiger partial charge is 0.146 e. The molecule has 1 heterocycles. The van der Waals surface area contributed by atoms with Crippen molar-refractivity contribution in [3.63, 3.8) is 0 Å². The Morgan fingerprint density at radius 3 is 2.53 bits per heavy atom. The van der Waals surface area contributed by atoms with Crippen molar-refractivity contribution in [1.29, 1.82) is 0 Å². The van der Waals surface area contributed by atoms with E-state index in [1.54, 1.807) is 12.1 Å². The minimum Gasteiger partial charge on any atom is -0.364 e. The minimum atomic E-state index is -0.209. The zero-order valence-electron chi connectivity index (χ0n) is 11.0. The molecule has 0 aliphatic carbocycles. The zero-order valence-corrected chi connectivity index (χ0v) is 11.0. The molecular weight excluding hydrogens is 241 g/mol. The summed E-state index contributed by atoms with van der Waals surface area (Å²) >= 11 is 0. The fourth-order valence-electron chi connectivity index (χ4n) is 2.00. The van der Waals surface area contributed by atoms with Crippen LogP contribution in [0.3, 0.4) is 0 Å². The van der Waals surface area contributed by atoms with Crippen LogP contribution in [-0.2, 0) is 13.1 Å². The number of benzene rings is 1. The number of anilines is 1. The molecule has 1 aromatic carbocycles. The number of hydrogen-bond acceptors (Lipinski definition) is 3. The maximum absolute atomic E-state index is 13.8. The van der Waals surface area contributed by atoms with E-state index in [4.69, 9.17) is 5.73 Å². The lowest BCUT2D eigenvalue weighted by molar-refractivity contribution is 0.617. The molecule has 0 atom stereocenters. The molecule has 0 fully saturated rings. The number of nitrogens with two attached hydrogens (primary N) is 1. The molecule has 3 nitrogen and oxygen atoms in total. The number of rotatable bonds is 5. The van der Waals surface area contributed by atoms with E-state index >= 15 is 0 Å². The molecule has 4 heteroatoms. The summed E-state index contributed by atoms with van der Waals surface area (Å²) in [6, 6.07) is 12.5. The standard InChI is InChI=1S/C15H18FN3/c1-2-19(15-9-4-3-8-14(15)16)11-13-7-5-6-12(10-17)18-13/h3-9H,2,10-11,17H2,1H3. The SMILES string of the molecule is CCN(Cc1cccc(CN)n1)c1ccccc1F. The van der Waals surface area contributed by atoms with Gasteiger partial charge in [0.2, 0.25) is 0 Å². The molecule has 100 valence electrons. The van der Waals surface area contributed by atoms with Gasteiger partial charge >= 0.3 is 0 Å². The third kappa shape index (κ3) is 3.29. The van der Waals surface area contributed by atoms with Gasteiger partial charge in [-0.05, 0) is 31.2 Å². The Labute approximate surface area is 112 Å². The van der Waals surface area contributed by atoms with Gasteiger partial charge in [-0.3, -0.25) is 4.98 Å². The molecule has 0 aliphatic heterocycles. The summed E-state index contributed by atoms with van der Waals surface area (Å²) in [5, 5.41) is 0. The molecule has 2 rings (SSSR count). The molecular formula is C15H18FN3. The fraction of sp³-hybridized carbons (Fsp3) is 0.267. The van der Waals surface area contributed by atoms with Gasteiger partial charge in [0, 0.05) is 13.1 Å². The van der Waals surface area contributed by atoms with E-state index in [0.717, 1.165) is 17.9 Å². The Hall–Kier alpha value is -1.94. The van der Waals surface area contributed by atoms with Gasteiger partial charge in [0.1, 0.15) is 5.82 Å². The molecule has 0 unspecified atom stereocenters. The third-order valence-electron chi connectivity index (χ3n) is 3.00. The summed E-state index contributed by atoms with van der Waals surface area (Å²) in [5.41, 5.74) is 7.93. The highest BCUT2D eigenvalue weighted by Gasteiger charge is 2.10. The Morgan fingerprint density at radius 1 is 1.11 bits per heavy atom. The monoisotopic (exact) mass is 259 g/mol. The van der Waals surface area contributed by atoms with E-state index in [-0.39, 0.29) is 5.82 Å².